The number of thioether (sulfide) groups is 1. The monoisotopic (exact) mass is 311 g/mol. The van der Waals surface area contributed by atoms with Gasteiger partial charge in [0.05, 0.1) is 5.25 Å². The molecule has 0 aliphatic heterocycles. The van der Waals surface area contributed by atoms with Crippen molar-refractivity contribution >= 4 is 23.4 Å². The summed E-state index contributed by atoms with van der Waals surface area (Å²) in [5.74, 6) is -2.24. The van der Waals surface area contributed by atoms with Crippen LogP contribution in [0.4, 0.5) is 18.9 Å². The molecule has 0 bridgehead atoms. The Bertz CT molecular complexity index is 663. The minimum Gasteiger partial charge on any atom is -0.325 e. The molecule has 110 valence electrons. The molecule has 6 heteroatoms. The molecule has 0 aliphatic carbocycles. The molecule has 1 unspecified atom stereocenters. The fourth-order valence-corrected chi connectivity index (χ4v) is 2.49. The lowest BCUT2D eigenvalue weighted by atomic mass is 10.3. The third kappa shape index (κ3) is 4.26. The van der Waals surface area contributed by atoms with Gasteiger partial charge in [0.2, 0.25) is 5.91 Å². The van der Waals surface area contributed by atoms with Crippen molar-refractivity contribution in [1.82, 2.24) is 0 Å². The Kier molecular flexibility index (Phi) is 4.90. The van der Waals surface area contributed by atoms with Crippen molar-refractivity contribution in [2.75, 3.05) is 5.32 Å². The zero-order chi connectivity index (χ0) is 15.4. The Morgan fingerprint density at radius 3 is 2.48 bits per heavy atom. The molecule has 2 nitrogen and oxygen atoms in total. The molecular weight excluding hydrogens is 299 g/mol. The average molecular weight is 311 g/mol. The second kappa shape index (κ2) is 6.67. The van der Waals surface area contributed by atoms with Gasteiger partial charge in [0.25, 0.3) is 0 Å². The summed E-state index contributed by atoms with van der Waals surface area (Å²) in [7, 11) is 0. The molecule has 0 radical (unpaired) electrons. The third-order valence-electron chi connectivity index (χ3n) is 2.66. The second-order valence-electron chi connectivity index (χ2n) is 4.33. The molecule has 0 heterocycles. The Morgan fingerprint density at radius 1 is 1.10 bits per heavy atom. The van der Waals surface area contributed by atoms with E-state index >= 15 is 0 Å². The van der Waals surface area contributed by atoms with E-state index in [-0.39, 0.29) is 4.90 Å². The van der Waals surface area contributed by atoms with Gasteiger partial charge < -0.3 is 5.32 Å². The first-order chi connectivity index (χ1) is 9.95. The molecule has 21 heavy (non-hydrogen) atoms. The van der Waals surface area contributed by atoms with Gasteiger partial charge in [-0.1, -0.05) is 6.07 Å². The SMILES string of the molecule is CC(Sc1ccc(F)cc1F)C(=O)Nc1cccc(F)c1. The number of rotatable bonds is 4. The van der Waals surface area contributed by atoms with Crippen molar-refractivity contribution in [3.05, 3.63) is 59.9 Å². The first kappa shape index (κ1) is 15.4. The van der Waals surface area contributed by atoms with Gasteiger partial charge in [0.15, 0.2) is 0 Å². The molecule has 0 saturated carbocycles. The zero-order valence-corrected chi connectivity index (χ0v) is 11.9. The highest BCUT2D eigenvalue weighted by Crippen LogP contribution is 2.27. The van der Waals surface area contributed by atoms with Crippen LogP contribution in [0.15, 0.2) is 47.4 Å². The zero-order valence-electron chi connectivity index (χ0n) is 11.1. The van der Waals surface area contributed by atoms with Gasteiger partial charge in [-0.2, -0.15) is 0 Å². The average Bonchev–Trinajstić information content (AvgIpc) is 2.41. The molecular formula is C15H12F3NOS. The highest BCUT2D eigenvalue weighted by atomic mass is 32.2. The van der Waals surface area contributed by atoms with Crippen LogP contribution in [0.25, 0.3) is 0 Å². The highest BCUT2D eigenvalue weighted by molar-refractivity contribution is 8.00. The highest BCUT2D eigenvalue weighted by Gasteiger charge is 2.17. The molecule has 0 aromatic heterocycles. The van der Waals surface area contributed by atoms with Crippen molar-refractivity contribution in [1.29, 1.82) is 0 Å². The molecule has 1 atom stereocenters. The van der Waals surface area contributed by atoms with E-state index < -0.39 is 28.6 Å². The standard InChI is InChI=1S/C15H12F3NOS/c1-9(21-14-6-5-11(17)8-13(14)18)15(20)19-12-4-2-3-10(16)7-12/h2-9H,1H3,(H,19,20). The van der Waals surface area contributed by atoms with Gasteiger partial charge in [-0.3, -0.25) is 4.79 Å². The van der Waals surface area contributed by atoms with E-state index in [1.807, 2.05) is 0 Å². The summed E-state index contributed by atoms with van der Waals surface area (Å²) in [5.41, 5.74) is 0.326. The predicted molar refractivity (Wildman–Crippen MR) is 76.7 cm³/mol. The van der Waals surface area contributed by atoms with E-state index in [0.717, 1.165) is 23.9 Å². The van der Waals surface area contributed by atoms with Crippen LogP contribution in [-0.4, -0.2) is 11.2 Å². The molecule has 0 spiro atoms. The smallest absolute Gasteiger partial charge is 0.237 e. The van der Waals surface area contributed by atoms with Crippen LogP contribution in [0.2, 0.25) is 0 Å². The van der Waals surface area contributed by atoms with Crippen LogP contribution in [-0.2, 0) is 4.79 Å². The van der Waals surface area contributed by atoms with Crippen LogP contribution in [0.1, 0.15) is 6.92 Å². The number of amides is 1. The first-order valence-corrected chi connectivity index (χ1v) is 7.02. The van der Waals surface area contributed by atoms with Gasteiger partial charge in [-0.15, -0.1) is 11.8 Å². The van der Waals surface area contributed by atoms with E-state index in [1.54, 1.807) is 13.0 Å². The second-order valence-corrected chi connectivity index (χ2v) is 5.72. The quantitative estimate of drug-likeness (QED) is 0.856. The van der Waals surface area contributed by atoms with Crippen molar-refractivity contribution < 1.29 is 18.0 Å². The van der Waals surface area contributed by atoms with Crippen molar-refractivity contribution in [3.63, 3.8) is 0 Å². The van der Waals surface area contributed by atoms with Crippen molar-refractivity contribution in [3.8, 4) is 0 Å². The summed E-state index contributed by atoms with van der Waals surface area (Å²) in [5, 5.41) is 1.92. The van der Waals surface area contributed by atoms with E-state index in [1.165, 1.54) is 24.3 Å². The number of anilines is 1. The molecule has 2 aromatic rings. The predicted octanol–water partition coefficient (Wildman–Crippen LogP) is 4.22. The third-order valence-corrected chi connectivity index (χ3v) is 3.81. The fourth-order valence-electron chi connectivity index (χ4n) is 1.62. The lowest BCUT2D eigenvalue weighted by molar-refractivity contribution is -0.115. The van der Waals surface area contributed by atoms with Crippen molar-refractivity contribution in [2.45, 2.75) is 17.1 Å². The number of hydrogen-bond donors (Lipinski definition) is 1. The van der Waals surface area contributed by atoms with Crippen LogP contribution in [0.3, 0.4) is 0 Å². The fraction of sp³-hybridized carbons (Fsp3) is 0.133. The number of carbonyl (C=O) groups is 1. The summed E-state index contributed by atoms with van der Waals surface area (Å²) in [6.07, 6.45) is 0. The summed E-state index contributed by atoms with van der Waals surface area (Å²) < 4.78 is 39.3. The summed E-state index contributed by atoms with van der Waals surface area (Å²) >= 11 is 0.963. The van der Waals surface area contributed by atoms with Gasteiger partial charge in [0.1, 0.15) is 17.5 Å². The van der Waals surface area contributed by atoms with Crippen LogP contribution in [0.5, 0.6) is 0 Å². The Morgan fingerprint density at radius 2 is 1.81 bits per heavy atom. The molecule has 2 rings (SSSR count). The van der Waals surface area contributed by atoms with E-state index in [4.69, 9.17) is 0 Å². The minimum absolute atomic E-state index is 0.179. The Balaban J connectivity index is 2.02. The Labute approximate surface area is 124 Å². The first-order valence-electron chi connectivity index (χ1n) is 6.14. The maximum atomic E-state index is 13.5. The maximum absolute atomic E-state index is 13.5. The number of carbonyl (C=O) groups excluding carboxylic acids is 1. The van der Waals surface area contributed by atoms with Gasteiger partial charge in [0, 0.05) is 16.6 Å². The lowest BCUT2D eigenvalue weighted by Crippen LogP contribution is -2.22. The van der Waals surface area contributed by atoms with Crippen LogP contribution in [0, 0.1) is 17.5 Å². The van der Waals surface area contributed by atoms with E-state index in [9.17, 15) is 18.0 Å². The molecule has 0 fully saturated rings. The molecule has 1 amide bonds. The summed E-state index contributed by atoms with van der Waals surface area (Å²) in [6, 6.07) is 8.65. The molecule has 0 aliphatic rings. The summed E-state index contributed by atoms with van der Waals surface area (Å²) in [6.45, 7) is 1.59. The number of hydrogen-bond acceptors (Lipinski definition) is 2. The number of nitrogens with one attached hydrogen (secondary N) is 1. The van der Waals surface area contributed by atoms with Crippen molar-refractivity contribution in [2.24, 2.45) is 0 Å². The Hall–Kier alpha value is -1.95. The minimum atomic E-state index is -0.717. The van der Waals surface area contributed by atoms with Gasteiger partial charge in [-0.25, -0.2) is 13.2 Å². The summed E-state index contributed by atoms with van der Waals surface area (Å²) in [4.78, 5) is 12.1. The maximum Gasteiger partial charge on any atom is 0.237 e. The topological polar surface area (TPSA) is 29.1 Å². The lowest BCUT2D eigenvalue weighted by Gasteiger charge is -2.12. The van der Waals surface area contributed by atoms with E-state index in [2.05, 4.69) is 5.32 Å². The molecule has 2 aromatic carbocycles. The number of halogens is 3. The molecule has 0 saturated heterocycles. The number of benzene rings is 2. The van der Waals surface area contributed by atoms with Crippen LogP contribution < -0.4 is 5.32 Å². The molecule has 1 N–H and O–H groups in total. The van der Waals surface area contributed by atoms with Crippen LogP contribution >= 0.6 is 11.8 Å². The van der Waals surface area contributed by atoms with E-state index in [0.29, 0.717) is 5.69 Å². The van der Waals surface area contributed by atoms with Gasteiger partial charge >= 0.3 is 0 Å². The van der Waals surface area contributed by atoms with Gasteiger partial charge in [-0.05, 0) is 37.3 Å². The normalized spacial score (nSPS) is 12.0. The largest absolute Gasteiger partial charge is 0.325 e.